The summed E-state index contributed by atoms with van der Waals surface area (Å²) >= 11 is 8.12. The second-order valence-corrected chi connectivity index (χ2v) is 7.85. The molecule has 0 bridgehead atoms. The van der Waals surface area contributed by atoms with Crippen LogP contribution in [0.15, 0.2) is 4.34 Å². The molecule has 0 fully saturated rings. The summed E-state index contributed by atoms with van der Waals surface area (Å²) in [6.45, 7) is 3.88. The molecule has 1 rings (SSSR count). The number of hydrogen-bond donors (Lipinski definition) is 0. The highest BCUT2D eigenvalue weighted by molar-refractivity contribution is 8.07. The van der Waals surface area contributed by atoms with Crippen LogP contribution < -0.4 is 4.52 Å². The third kappa shape index (κ3) is 5.19. The molecule has 0 saturated heterocycles. The van der Waals surface area contributed by atoms with Crippen LogP contribution in [-0.2, 0) is 20.9 Å². The van der Waals surface area contributed by atoms with Crippen LogP contribution in [-0.4, -0.2) is 28.3 Å². The molecule has 17 heavy (non-hydrogen) atoms. The van der Waals surface area contributed by atoms with Crippen molar-refractivity contribution < 1.29 is 13.6 Å². The minimum absolute atomic E-state index is 0.246. The number of aromatic nitrogens is 2. The molecule has 98 valence electrons. The summed E-state index contributed by atoms with van der Waals surface area (Å²) in [5.74, 6) is 0.944. The quantitative estimate of drug-likeness (QED) is 0.539. The van der Waals surface area contributed by atoms with Gasteiger partial charge in [0, 0.05) is 11.8 Å². The Balaban J connectivity index is 2.68. The summed E-state index contributed by atoms with van der Waals surface area (Å²) in [5.41, 5.74) is 0. The molecule has 1 aromatic rings. The zero-order chi connectivity index (χ0) is 12.7. The topological polar surface area (TPSA) is 53.5 Å². The van der Waals surface area contributed by atoms with Gasteiger partial charge in [0.15, 0.2) is 4.34 Å². The molecule has 1 aromatic heterocycles. The molecule has 1 heterocycles. The molecule has 0 aromatic carbocycles. The van der Waals surface area contributed by atoms with Crippen molar-refractivity contribution in [3.05, 3.63) is 0 Å². The van der Waals surface area contributed by atoms with Crippen LogP contribution in [0.5, 0.6) is 6.01 Å². The van der Waals surface area contributed by atoms with Crippen LogP contribution in [0.1, 0.15) is 20.8 Å². The van der Waals surface area contributed by atoms with Crippen LogP contribution in [0.4, 0.5) is 0 Å². The number of rotatable bonds is 8. The Hall–Kier alpha value is 0.280. The zero-order valence-corrected chi connectivity index (χ0v) is 13.3. The number of hydrogen-bond acceptors (Lipinski definition) is 8. The first-order valence-electron chi connectivity index (χ1n) is 5.18. The van der Waals surface area contributed by atoms with Crippen molar-refractivity contribution in [2.45, 2.75) is 25.1 Å². The summed E-state index contributed by atoms with van der Waals surface area (Å²) < 4.78 is 21.1. The lowest BCUT2D eigenvalue weighted by Gasteiger charge is -2.18. The SMILES string of the molecule is CCOP(=S)(OCC)Oc1nsc(SCC)n1. The van der Waals surface area contributed by atoms with Gasteiger partial charge in [0.25, 0.3) is 0 Å². The molecular weight excluding hydrogens is 299 g/mol. The first kappa shape index (κ1) is 15.3. The van der Waals surface area contributed by atoms with Gasteiger partial charge in [-0.1, -0.05) is 18.7 Å². The van der Waals surface area contributed by atoms with E-state index in [0.717, 1.165) is 10.1 Å². The van der Waals surface area contributed by atoms with Gasteiger partial charge in [-0.3, -0.25) is 9.05 Å². The Labute approximate surface area is 115 Å². The summed E-state index contributed by atoms with van der Waals surface area (Å²) in [6, 6.07) is 0.246. The lowest BCUT2D eigenvalue weighted by molar-refractivity contribution is 0.214. The van der Waals surface area contributed by atoms with Crippen LogP contribution in [0.25, 0.3) is 0 Å². The monoisotopic (exact) mass is 314 g/mol. The maximum absolute atomic E-state index is 5.47. The lowest BCUT2D eigenvalue weighted by atomic mass is 10.9. The third-order valence-corrected chi connectivity index (χ3v) is 5.52. The van der Waals surface area contributed by atoms with E-state index in [1.165, 1.54) is 11.5 Å². The van der Waals surface area contributed by atoms with Crippen molar-refractivity contribution in [2.75, 3.05) is 19.0 Å². The average molecular weight is 314 g/mol. The third-order valence-electron chi connectivity index (χ3n) is 1.42. The molecule has 0 aliphatic rings. The second kappa shape index (κ2) is 7.66. The molecule has 0 spiro atoms. The fourth-order valence-corrected chi connectivity index (χ4v) is 4.32. The van der Waals surface area contributed by atoms with Crippen molar-refractivity contribution in [1.29, 1.82) is 0 Å². The van der Waals surface area contributed by atoms with Gasteiger partial charge >= 0.3 is 12.7 Å². The Morgan fingerprint density at radius 1 is 1.29 bits per heavy atom. The van der Waals surface area contributed by atoms with Gasteiger partial charge in [-0.25, -0.2) is 0 Å². The first-order valence-corrected chi connectivity index (χ1v) is 9.50. The molecule has 0 saturated carbocycles. The van der Waals surface area contributed by atoms with Crippen LogP contribution in [0, 0.1) is 0 Å². The zero-order valence-electron chi connectivity index (χ0n) is 9.91. The Bertz CT molecular complexity index is 378. The fourth-order valence-electron chi connectivity index (χ4n) is 0.922. The molecule has 0 radical (unpaired) electrons. The molecule has 0 aliphatic heterocycles. The van der Waals surface area contributed by atoms with E-state index >= 15 is 0 Å². The Morgan fingerprint density at radius 2 is 1.94 bits per heavy atom. The van der Waals surface area contributed by atoms with Crippen LogP contribution in [0.2, 0.25) is 0 Å². The second-order valence-electron chi connectivity index (χ2n) is 2.65. The van der Waals surface area contributed by atoms with Crippen molar-refractivity contribution >= 4 is 41.8 Å². The van der Waals surface area contributed by atoms with E-state index < -0.39 is 6.72 Å². The molecule has 0 atom stereocenters. The normalized spacial score (nSPS) is 11.7. The van der Waals surface area contributed by atoms with Gasteiger partial charge in [-0.15, -0.1) is 4.37 Å². The van der Waals surface area contributed by atoms with Gasteiger partial charge in [0.1, 0.15) is 0 Å². The van der Waals surface area contributed by atoms with Crippen LogP contribution in [0.3, 0.4) is 0 Å². The molecule has 0 aliphatic carbocycles. The number of nitrogens with zero attached hydrogens (tertiary/aromatic N) is 2. The van der Waals surface area contributed by atoms with Gasteiger partial charge in [-0.05, 0) is 31.1 Å². The lowest BCUT2D eigenvalue weighted by Crippen LogP contribution is -2.02. The van der Waals surface area contributed by atoms with Crippen molar-refractivity contribution in [2.24, 2.45) is 0 Å². The van der Waals surface area contributed by atoms with Gasteiger partial charge in [0.2, 0.25) is 0 Å². The van der Waals surface area contributed by atoms with E-state index in [-0.39, 0.29) is 6.01 Å². The molecule has 0 unspecified atom stereocenters. The van der Waals surface area contributed by atoms with E-state index in [2.05, 4.69) is 16.3 Å². The van der Waals surface area contributed by atoms with E-state index in [1.54, 1.807) is 11.8 Å². The standard InChI is InChI=1S/C8H15N2O3PS3/c1-4-11-14(15,12-5-2)13-7-9-8(16-6-3)17-10-7/h4-6H2,1-3H3. The summed E-state index contributed by atoms with van der Waals surface area (Å²) in [6.07, 6.45) is 0. The van der Waals surface area contributed by atoms with Gasteiger partial charge < -0.3 is 4.52 Å². The molecule has 0 amide bonds. The molecular formula is C8H15N2O3PS3. The largest absolute Gasteiger partial charge is 0.388 e. The number of thioether (sulfide) groups is 1. The minimum Gasteiger partial charge on any atom is -0.388 e. The summed E-state index contributed by atoms with van der Waals surface area (Å²) in [5, 5.41) is 0. The maximum atomic E-state index is 5.47. The predicted octanol–water partition coefficient (Wildman–Crippen LogP) is 3.33. The van der Waals surface area contributed by atoms with E-state index in [0.29, 0.717) is 13.2 Å². The summed E-state index contributed by atoms with van der Waals surface area (Å²) in [4.78, 5) is 4.20. The van der Waals surface area contributed by atoms with E-state index in [4.69, 9.17) is 25.4 Å². The molecule has 0 N–H and O–H groups in total. The average Bonchev–Trinajstić information content (AvgIpc) is 2.66. The molecule has 5 nitrogen and oxygen atoms in total. The van der Waals surface area contributed by atoms with E-state index in [9.17, 15) is 0 Å². The van der Waals surface area contributed by atoms with Crippen molar-refractivity contribution in [3.63, 3.8) is 0 Å². The Morgan fingerprint density at radius 3 is 2.47 bits per heavy atom. The van der Waals surface area contributed by atoms with Crippen molar-refractivity contribution in [1.82, 2.24) is 9.36 Å². The molecule has 9 heteroatoms. The fraction of sp³-hybridized carbons (Fsp3) is 0.750. The predicted molar refractivity (Wildman–Crippen MR) is 74.5 cm³/mol. The Kier molecular flexibility index (Phi) is 6.91. The smallest absolute Gasteiger partial charge is 0.382 e. The van der Waals surface area contributed by atoms with Gasteiger partial charge in [-0.2, -0.15) is 4.98 Å². The van der Waals surface area contributed by atoms with Crippen molar-refractivity contribution in [3.8, 4) is 6.01 Å². The van der Waals surface area contributed by atoms with Gasteiger partial charge in [0.05, 0.1) is 13.2 Å². The minimum atomic E-state index is -2.74. The van der Waals surface area contributed by atoms with Crippen LogP contribution >= 0.6 is 30.0 Å². The van der Waals surface area contributed by atoms with E-state index in [1.807, 2.05) is 13.8 Å². The highest BCUT2D eigenvalue weighted by atomic mass is 32.5. The first-order chi connectivity index (χ1) is 8.13. The summed E-state index contributed by atoms with van der Waals surface area (Å²) in [7, 11) is 0. The highest BCUT2D eigenvalue weighted by Crippen LogP contribution is 2.49. The highest BCUT2D eigenvalue weighted by Gasteiger charge is 2.23. The maximum Gasteiger partial charge on any atom is 0.382 e.